The molecule has 2 aromatic rings. The quantitative estimate of drug-likeness (QED) is 0.762. The van der Waals surface area contributed by atoms with Gasteiger partial charge >= 0.3 is 0 Å². The van der Waals surface area contributed by atoms with E-state index in [0.29, 0.717) is 24.6 Å². The third-order valence-corrected chi connectivity index (χ3v) is 5.07. The number of Topliss-reactive ketones (excluding diaryl/α,β-unsaturated/α-hetero) is 1. The summed E-state index contributed by atoms with van der Waals surface area (Å²) in [4.78, 5) is 26.4. The van der Waals surface area contributed by atoms with Crippen molar-refractivity contribution in [3.8, 4) is 0 Å². The Morgan fingerprint density at radius 1 is 1.07 bits per heavy atom. The van der Waals surface area contributed by atoms with E-state index < -0.39 is 0 Å². The number of nitrogens with zero attached hydrogens (tertiary/aromatic N) is 1. The highest BCUT2D eigenvalue weighted by atomic mass is 19.1. The summed E-state index contributed by atoms with van der Waals surface area (Å²) in [6.45, 7) is 1.45. The summed E-state index contributed by atoms with van der Waals surface area (Å²) in [5, 5.41) is 9.24. The minimum absolute atomic E-state index is 0.00271. The molecule has 5 heteroatoms. The van der Waals surface area contributed by atoms with Gasteiger partial charge in [0.15, 0.2) is 5.78 Å². The van der Waals surface area contributed by atoms with Crippen molar-refractivity contribution >= 4 is 11.7 Å². The number of hydrogen-bond acceptors (Lipinski definition) is 3. The molecule has 1 heterocycles. The number of carbonyl (C=O) groups is 2. The van der Waals surface area contributed by atoms with Gasteiger partial charge in [-0.05, 0) is 54.2 Å². The Labute approximate surface area is 158 Å². The number of ketones is 1. The lowest BCUT2D eigenvalue weighted by Crippen LogP contribution is -2.29. The number of amides is 1. The summed E-state index contributed by atoms with van der Waals surface area (Å²) in [7, 11) is 0. The van der Waals surface area contributed by atoms with Crippen molar-refractivity contribution in [2.45, 2.75) is 32.3 Å². The molecule has 1 amide bonds. The van der Waals surface area contributed by atoms with Crippen molar-refractivity contribution in [1.82, 2.24) is 4.90 Å². The first kappa shape index (κ1) is 19.2. The van der Waals surface area contributed by atoms with Crippen molar-refractivity contribution in [3.63, 3.8) is 0 Å². The van der Waals surface area contributed by atoms with Gasteiger partial charge < -0.3 is 10.0 Å². The van der Waals surface area contributed by atoms with Crippen LogP contribution in [0, 0.1) is 11.7 Å². The molecule has 1 fully saturated rings. The second-order valence-electron chi connectivity index (χ2n) is 7.11. The predicted molar refractivity (Wildman–Crippen MR) is 101 cm³/mol. The highest BCUT2D eigenvalue weighted by Crippen LogP contribution is 2.22. The number of aliphatic hydroxyl groups excluding tert-OH is 1. The van der Waals surface area contributed by atoms with Crippen LogP contribution in [0.3, 0.4) is 0 Å². The van der Waals surface area contributed by atoms with Crippen LogP contribution in [0.1, 0.15) is 40.7 Å². The molecular weight excluding hydrogens is 345 g/mol. The summed E-state index contributed by atoms with van der Waals surface area (Å²) >= 11 is 0. The Morgan fingerprint density at radius 3 is 2.56 bits per heavy atom. The minimum Gasteiger partial charge on any atom is -0.392 e. The second-order valence-corrected chi connectivity index (χ2v) is 7.11. The fourth-order valence-corrected chi connectivity index (χ4v) is 3.57. The lowest BCUT2D eigenvalue weighted by atomic mass is 9.97. The third-order valence-electron chi connectivity index (χ3n) is 5.07. The lowest BCUT2D eigenvalue weighted by Gasteiger charge is -2.16. The zero-order valence-electron chi connectivity index (χ0n) is 15.2. The molecule has 1 N–H and O–H groups in total. The van der Waals surface area contributed by atoms with Crippen molar-refractivity contribution in [2.75, 3.05) is 13.1 Å². The van der Waals surface area contributed by atoms with Crippen LogP contribution in [0.5, 0.6) is 0 Å². The van der Waals surface area contributed by atoms with Crippen molar-refractivity contribution in [1.29, 1.82) is 0 Å². The van der Waals surface area contributed by atoms with E-state index in [1.807, 2.05) is 29.2 Å². The normalized spacial score (nSPS) is 16.5. The van der Waals surface area contributed by atoms with Gasteiger partial charge in [-0.2, -0.15) is 0 Å². The Hall–Kier alpha value is -2.53. The standard InChI is InChI=1S/C22H24FNO3/c23-20-6-4-19(5-7-20)21(26)8-9-22(27)24-11-10-17(14-24)12-16-2-1-3-18(13-16)15-25/h1-7,13,17,25H,8-12,14-15H2/t17-/m1/s1. The topological polar surface area (TPSA) is 57.6 Å². The number of hydrogen-bond donors (Lipinski definition) is 1. The van der Waals surface area contributed by atoms with Gasteiger partial charge in [-0.25, -0.2) is 4.39 Å². The SMILES string of the molecule is O=C(CCC(=O)N1CC[C@H](Cc2cccc(CO)c2)C1)c1ccc(F)cc1. The highest BCUT2D eigenvalue weighted by molar-refractivity contribution is 5.97. The molecule has 0 spiro atoms. The van der Waals surface area contributed by atoms with E-state index in [0.717, 1.165) is 18.4 Å². The number of rotatable bonds is 7. The molecule has 142 valence electrons. The fraction of sp³-hybridized carbons (Fsp3) is 0.364. The number of benzene rings is 2. The Kier molecular flexibility index (Phi) is 6.35. The largest absolute Gasteiger partial charge is 0.392 e. The lowest BCUT2D eigenvalue weighted by molar-refractivity contribution is -0.130. The molecule has 1 atom stereocenters. The van der Waals surface area contributed by atoms with Gasteiger partial charge in [-0.3, -0.25) is 9.59 Å². The zero-order valence-corrected chi connectivity index (χ0v) is 15.2. The van der Waals surface area contributed by atoms with Crippen molar-refractivity contribution in [2.24, 2.45) is 5.92 Å². The number of aliphatic hydroxyl groups is 1. The Bertz CT molecular complexity index is 803. The van der Waals surface area contributed by atoms with Gasteiger partial charge in [-0.15, -0.1) is 0 Å². The van der Waals surface area contributed by atoms with Gasteiger partial charge in [0.25, 0.3) is 0 Å². The van der Waals surface area contributed by atoms with E-state index in [2.05, 4.69) is 0 Å². The smallest absolute Gasteiger partial charge is 0.223 e. The molecule has 0 radical (unpaired) electrons. The predicted octanol–water partition coefficient (Wildman–Crippen LogP) is 3.37. The van der Waals surface area contributed by atoms with Gasteiger partial charge in [0.05, 0.1) is 6.61 Å². The molecule has 27 heavy (non-hydrogen) atoms. The van der Waals surface area contributed by atoms with E-state index in [1.54, 1.807) is 0 Å². The van der Waals surface area contributed by atoms with Crippen molar-refractivity contribution < 1.29 is 19.1 Å². The maximum atomic E-state index is 12.9. The first-order valence-electron chi connectivity index (χ1n) is 9.30. The maximum Gasteiger partial charge on any atom is 0.223 e. The fourth-order valence-electron chi connectivity index (χ4n) is 3.57. The first-order valence-corrected chi connectivity index (χ1v) is 9.30. The van der Waals surface area contributed by atoms with E-state index in [9.17, 15) is 19.1 Å². The molecule has 1 aliphatic rings. The number of carbonyl (C=O) groups excluding carboxylic acids is 2. The average molecular weight is 369 g/mol. The number of likely N-dealkylation sites (tertiary alicyclic amines) is 1. The molecule has 0 unspecified atom stereocenters. The van der Waals surface area contributed by atoms with Crippen LogP contribution in [0.25, 0.3) is 0 Å². The molecule has 1 saturated heterocycles. The van der Waals surface area contributed by atoms with Crippen LogP contribution < -0.4 is 0 Å². The van der Waals surface area contributed by atoms with Crippen LogP contribution in [0.4, 0.5) is 4.39 Å². The summed E-state index contributed by atoms with van der Waals surface area (Å²) in [6, 6.07) is 13.3. The summed E-state index contributed by atoms with van der Waals surface area (Å²) in [6.07, 6.45) is 2.15. The van der Waals surface area contributed by atoms with Gasteiger partial charge in [0, 0.05) is 31.5 Å². The van der Waals surface area contributed by atoms with Crippen LogP contribution in [-0.2, 0) is 17.8 Å². The molecule has 0 bridgehead atoms. The van der Waals surface area contributed by atoms with Crippen LogP contribution in [0.15, 0.2) is 48.5 Å². The van der Waals surface area contributed by atoms with Gasteiger partial charge in [0.1, 0.15) is 5.82 Å². The van der Waals surface area contributed by atoms with E-state index >= 15 is 0 Å². The minimum atomic E-state index is -0.379. The van der Waals surface area contributed by atoms with E-state index in [-0.39, 0.29) is 37.0 Å². The van der Waals surface area contributed by atoms with Gasteiger partial charge in [0.2, 0.25) is 5.91 Å². The molecule has 0 aliphatic carbocycles. The van der Waals surface area contributed by atoms with Crippen LogP contribution in [-0.4, -0.2) is 34.8 Å². The Morgan fingerprint density at radius 2 is 1.81 bits per heavy atom. The molecule has 4 nitrogen and oxygen atoms in total. The summed E-state index contributed by atoms with van der Waals surface area (Å²) in [5.41, 5.74) is 2.51. The number of halogens is 1. The summed E-state index contributed by atoms with van der Waals surface area (Å²) in [5.74, 6) is -0.122. The molecule has 0 aromatic heterocycles. The molecule has 2 aromatic carbocycles. The Balaban J connectivity index is 1.47. The maximum absolute atomic E-state index is 12.9. The molecule has 1 aliphatic heterocycles. The highest BCUT2D eigenvalue weighted by Gasteiger charge is 2.26. The summed E-state index contributed by atoms with van der Waals surface area (Å²) < 4.78 is 12.9. The van der Waals surface area contributed by atoms with Crippen molar-refractivity contribution in [3.05, 3.63) is 71.0 Å². The van der Waals surface area contributed by atoms with E-state index in [4.69, 9.17) is 0 Å². The monoisotopic (exact) mass is 369 g/mol. The second kappa shape index (κ2) is 8.91. The van der Waals surface area contributed by atoms with Gasteiger partial charge in [-0.1, -0.05) is 24.3 Å². The van der Waals surface area contributed by atoms with Crippen LogP contribution in [0.2, 0.25) is 0 Å². The average Bonchev–Trinajstić information content (AvgIpc) is 3.15. The molecular formula is C22H24FNO3. The van der Waals surface area contributed by atoms with E-state index in [1.165, 1.54) is 29.8 Å². The van der Waals surface area contributed by atoms with Crippen LogP contribution >= 0.6 is 0 Å². The third kappa shape index (κ3) is 5.23. The molecule has 3 rings (SSSR count). The molecule has 0 saturated carbocycles. The zero-order chi connectivity index (χ0) is 19.2. The first-order chi connectivity index (χ1) is 13.0.